The van der Waals surface area contributed by atoms with Gasteiger partial charge in [-0.05, 0) is 24.1 Å². The highest BCUT2D eigenvalue weighted by atomic mass is 16.2. The van der Waals surface area contributed by atoms with Gasteiger partial charge in [-0.25, -0.2) is 10.8 Å². The van der Waals surface area contributed by atoms with Gasteiger partial charge in [-0.15, -0.1) is 0 Å². The maximum atomic E-state index is 11.5. The number of aryl methyl sites for hydroxylation is 1. The van der Waals surface area contributed by atoms with E-state index in [0.29, 0.717) is 12.1 Å². The molecule has 1 heterocycles. The number of nitrogen functional groups attached to an aromatic ring is 1. The van der Waals surface area contributed by atoms with Crippen LogP contribution >= 0.6 is 0 Å². The first kappa shape index (κ1) is 13.3. The Bertz CT molecular complexity index is 562. The van der Waals surface area contributed by atoms with E-state index in [-0.39, 0.29) is 5.91 Å². The standard InChI is InChI=1S/C14H18N4O/c1-2-4-13-16-7-8-18(13)10-11-5-3-6-12(9-11)14(19)17-15/h3,5-9H,2,4,10,15H2,1H3,(H,17,19). The Morgan fingerprint density at radius 2 is 2.32 bits per heavy atom. The van der Waals surface area contributed by atoms with Crippen LogP contribution in [0, 0.1) is 0 Å². The van der Waals surface area contributed by atoms with Crippen LogP contribution in [0.5, 0.6) is 0 Å². The number of carbonyl (C=O) groups excluding carboxylic acids is 1. The Morgan fingerprint density at radius 1 is 1.47 bits per heavy atom. The minimum absolute atomic E-state index is 0.277. The molecule has 100 valence electrons. The molecule has 19 heavy (non-hydrogen) atoms. The van der Waals surface area contributed by atoms with E-state index in [2.05, 4.69) is 21.9 Å². The van der Waals surface area contributed by atoms with Gasteiger partial charge >= 0.3 is 0 Å². The van der Waals surface area contributed by atoms with Gasteiger partial charge in [0.2, 0.25) is 0 Å². The van der Waals surface area contributed by atoms with Crippen LogP contribution in [-0.2, 0) is 13.0 Å². The highest BCUT2D eigenvalue weighted by molar-refractivity contribution is 5.93. The smallest absolute Gasteiger partial charge is 0.265 e. The molecule has 0 saturated heterocycles. The Morgan fingerprint density at radius 3 is 3.05 bits per heavy atom. The molecule has 1 amide bonds. The van der Waals surface area contributed by atoms with Crippen molar-refractivity contribution in [2.75, 3.05) is 0 Å². The van der Waals surface area contributed by atoms with Crippen LogP contribution < -0.4 is 11.3 Å². The van der Waals surface area contributed by atoms with Gasteiger partial charge in [0.15, 0.2) is 0 Å². The van der Waals surface area contributed by atoms with E-state index in [1.807, 2.05) is 24.4 Å². The third-order valence-electron chi connectivity index (χ3n) is 2.95. The first-order valence-corrected chi connectivity index (χ1v) is 6.34. The number of nitrogens with two attached hydrogens (primary N) is 1. The average molecular weight is 258 g/mol. The predicted octanol–water partition coefficient (Wildman–Crippen LogP) is 1.49. The summed E-state index contributed by atoms with van der Waals surface area (Å²) in [6, 6.07) is 7.43. The minimum atomic E-state index is -0.277. The van der Waals surface area contributed by atoms with Crippen molar-refractivity contribution in [2.24, 2.45) is 5.84 Å². The highest BCUT2D eigenvalue weighted by Crippen LogP contribution is 2.10. The molecule has 0 fully saturated rings. The number of hydrogen-bond donors (Lipinski definition) is 2. The van der Waals surface area contributed by atoms with Gasteiger partial charge in [-0.1, -0.05) is 19.1 Å². The molecule has 1 aromatic carbocycles. The molecule has 5 heteroatoms. The summed E-state index contributed by atoms with van der Waals surface area (Å²) in [5.41, 5.74) is 3.76. The molecule has 0 unspecified atom stereocenters. The molecule has 0 atom stereocenters. The van der Waals surface area contributed by atoms with Crippen molar-refractivity contribution < 1.29 is 4.79 Å². The summed E-state index contributed by atoms with van der Waals surface area (Å²) in [7, 11) is 0. The zero-order valence-electron chi connectivity index (χ0n) is 11.0. The Kier molecular flexibility index (Phi) is 4.30. The summed E-state index contributed by atoms with van der Waals surface area (Å²) in [5, 5.41) is 0. The molecular weight excluding hydrogens is 240 g/mol. The van der Waals surface area contributed by atoms with Crippen molar-refractivity contribution in [1.82, 2.24) is 15.0 Å². The zero-order valence-corrected chi connectivity index (χ0v) is 11.0. The van der Waals surface area contributed by atoms with Crippen molar-refractivity contribution in [3.05, 3.63) is 53.6 Å². The number of nitrogens with one attached hydrogen (secondary N) is 1. The quantitative estimate of drug-likeness (QED) is 0.485. The molecule has 5 nitrogen and oxygen atoms in total. The van der Waals surface area contributed by atoms with Crippen LogP contribution in [0.1, 0.15) is 35.1 Å². The van der Waals surface area contributed by atoms with E-state index >= 15 is 0 Å². The largest absolute Gasteiger partial charge is 0.331 e. The van der Waals surface area contributed by atoms with Crippen molar-refractivity contribution in [1.29, 1.82) is 0 Å². The third-order valence-corrected chi connectivity index (χ3v) is 2.95. The topological polar surface area (TPSA) is 72.9 Å². The van der Waals surface area contributed by atoms with Crippen LogP contribution in [0.4, 0.5) is 0 Å². The molecule has 0 aliphatic rings. The second-order valence-corrected chi connectivity index (χ2v) is 4.40. The Hall–Kier alpha value is -2.14. The fraction of sp³-hybridized carbons (Fsp3) is 0.286. The number of hydrazine groups is 1. The molecule has 0 aliphatic carbocycles. The molecule has 0 radical (unpaired) electrons. The van der Waals surface area contributed by atoms with E-state index in [1.165, 1.54) is 0 Å². The lowest BCUT2D eigenvalue weighted by Crippen LogP contribution is -2.30. The predicted molar refractivity (Wildman–Crippen MR) is 73.4 cm³/mol. The van der Waals surface area contributed by atoms with Crippen LogP contribution in [0.2, 0.25) is 0 Å². The first-order valence-electron chi connectivity index (χ1n) is 6.34. The molecule has 0 saturated carbocycles. The molecule has 0 aliphatic heterocycles. The number of carbonyl (C=O) groups is 1. The number of imidazole rings is 1. The maximum Gasteiger partial charge on any atom is 0.265 e. The van der Waals surface area contributed by atoms with Gasteiger partial charge in [0.1, 0.15) is 5.82 Å². The molecule has 3 N–H and O–H groups in total. The van der Waals surface area contributed by atoms with Gasteiger partial charge in [0.25, 0.3) is 5.91 Å². The maximum absolute atomic E-state index is 11.5. The van der Waals surface area contributed by atoms with Crippen LogP contribution in [0.15, 0.2) is 36.7 Å². The summed E-state index contributed by atoms with van der Waals surface area (Å²) in [6.45, 7) is 2.84. The average Bonchev–Trinajstić information content (AvgIpc) is 2.86. The number of benzene rings is 1. The normalized spacial score (nSPS) is 10.4. The third kappa shape index (κ3) is 3.20. The van der Waals surface area contributed by atoms with Gasteiger partial charge in [0, 0.05) is 30.9 Å². The van der Waals surface area contributed by atoms with Gasteiger partial charge < -0.3 is 4.57 Å². The molecule has 1 aromatic heterocycles. The molecule has 0 spiro atoms. The zero-order chi connectivity index (χ0) is 13.7. The minimum Gasteiger partial charge on any atom is -0.331 e. The van der Waals surface area contributed by atoms with Gasteiger partial charge in [0.05, 0.1) is 0 Å². The van der Waals surface area contributed by atoms with Crippen molar-refractivity contribution in [3.63, 3.8) is 0 Å². The second-order valence-electron chi connectivity index (χ2n) is 4.40. The number of hydrogen-bond acceptors (Lipinski definition) is 3. The van der Waals surface area contributed by atoms with E-state index in [9.17, 15) is 4.79 Å². The molecule has 2 aromatic rings. The molecule has 2 rings (SSSR count). The first-order chi connectivity index (χ1) is 9.24. The van der Waals surface area contributed by atoms with Crippen molar-refractivity contribution >= 4 is 5.91 Å². The van der Waals surface area contributed by atoms with Crippen molar-refractivity contribution in [2.45, 2.75) is 26.3 Å². The van der Waals surface area contributed by atoms with Crippen LogP contribution in [-0.4, -0.2) is 15.5 Å². The van der Waals surface area contributed by atoms with E-state index < -0.39 is 0 Å². The SMILES string of the molecule is CCCc1nccn1Cc1cccc(C(=O)NN)c1. The fourth-order valence-electron chi connectivity index (χ4n) is 2.03. The summed E-state index contributed by atoms with van der Waals surface area (Å²) in [5.74, 6) is 5.93. The van der Waals surface area contributed by atoms with Crippen LogP contribution in [0.25, 0.3) is 0 Å². The van der Waals surface area contributed by atoms with E-state index in [0.717, 1.165) is 24.2 Å². The number of aromatic nitrogens is 2. The number of rotatable bonds is 5. The van der Waals surface area contributed by atoms with Gasteiger partial charge in [-0.2, -0.15) is 0 Å². The summed E-state index contributed by atoms with van der Waals surface area (Å²) < 4.78 is 2.10. The number of amides is 1. The lowest BCUT2D eigenvalue weighted by atomic mass is 10.1. The number of nitrogens with zero attached hydrogens (tertiary/aromatic N) is 2. The van der Waals surface area contributed by atoms with E-state index in [4.69, 9.17) is 5.84 Å². The highest BCUT2D eigenvalue weighted by Gasteiger charge is 2.06. The lowest BCUT2D eigenvalue weighted by molar-refractivity contribution is 0.0953. The van der Waals surface area contributed by atoms with Gasteiger partial charge in [-0.3, -0.25) is 10.2 Å². The summed E-state index contributed by atoms with van der Waals surface area (Å²) >= 11 is 0. The van der Waals surface area contributed by atoms with Crippen LogP contribution in [0.3, 0.4) is 0 Å². The molecular formula is C14H18N4O. The van der Waals surface area contributed by atoms with Crippen molar-refractivity contribution in [3.8, 4) is 0 Å². The Labute approximate surface area is 112 Å². The summed E-state index contributed by atoms with van der Waals surface area (Å²) in [4.78, 5) is 15.8. The lowest BCUT2D eigenvalue weighted by Gasteiger charge is -2.08. The second kappa shape index (κ2) is 6.15. The monoisotopic (exact) mass is 258 g/mol. The molecule has 0 bridgehead atoms. The van der Waals surface area contributed by atoms with E-state index in [1.54, 1.807) is 12.3 Å². The summed E-state index contributed by atoms with van der Waals surface area (Å²) in [6.07, 6.45) is 5.78. The Balaban J connectivity index is 2.18. The fourth-order valence-corrected chi connectivity index (χ4v) is 2.03.